The molecule has 0 aliphatic rings. The van der Waals surface area contributed by atoms with Crippen molar-refractivity contribution in [3.8, 4) is 0 Å². The molecule has 7 heteroatoms. The highest BCUT2D eigenvalue weighted by molar-refractivity contribution is 6.35. The van der Waals surface area contributed by atoms with Gasteiger partial charge in [-0.25, -0.2) is 15.8 Å². The first kappa shape index (κ1) is 11.9. The molecule has 0 amide bonds. The number of anilines is 3. The number of nitrogens with one attached hydrogen (secondary N) is 2. The smallest absolute Gasteiger partial charge is 0.145 e. The Morgan fingerprint density at radius 1 is 0.941 bits per heavy atom. The van der Waals surface area contributed by atoms with Crippen molar-refractivity contribution in [2.24, 2.45) is 5.84 Å². The second-order valence-electron chi connectivity index (χ2n) is 3.22. The van der Waals surface area contributed by atoms with E-state index in [4.69, 9.17) is 29.0 Å². The molecule has 0 radical (unpaired) electrons. The number of hydrazine groups is 1. The zero-order valence-electron chi connectivity index (χ0n) is 8.61. The monoisotopic (exact) mass is 269 g/mol. The summed E-state index contributed by atoms with van der Waals surface area (Å²) < 4.78 is 0. The molecule has 4 N–H and O–H groups in total. The first-order valence-electron chi connectivity index (χ1n) is 4.69. The maximum Gasteiger partial charge on any atom is 0.145 e. The number of hydrogen-bond donors (Lipinski definition) is 3. The van der Waals surface area contributed by atoms with Crippen molar-refractivity contribution in [1.82, 2.24) is 9.97 Å². The molecule has 0 atom stereocenters. The van der Waals surface area contributed by atoms with Gasteiger partial charge in [0.25, 0.3) is 0 Å². The lowest BCUT2D eigenvalue weighted by Gasteiger charge is -2.07. The summed E-state index contributed by atoms with van der Waals surface area (Å²) in [4.78, 5) is 7.93. The van der Waals surface area contributed by atoms with Crippen molar-refractivity contribution < 1.29 is 0 Å². The van der Waals surface area contributed by atoms with E-state index in [1.165, 1.54) is 6.33 Å². The second kappa shape index (κ2) is 5.18. The van der Waals surface area contributed by atoms with Crippen LogP contribution in [0.2, 0.25) is 10.0 Å². The molecular weight excluding hydrogens is 261 g/mol. The van der Waals surface area contributed by atoms with Gasteiger partial charge in [0.15, 0.2) is 0 Å². The highest BCUT2D eigenvalue weighted by Crippen LogP contribution is 2.24. The molecule has 5 nitrogen and oxygen atoms in total. The van der Waals surface area contributed by atoms with E-state index in [-0.39, 0.29) is 0 Å². The third kappa shape index (κ3) is 3.20. The van der Waals surface area contributed by atoms with Crippen LogP contribution in [-0.2, 0) is 0 Å². The average Bonchev–Trinajstić information content (AvgIpc) is 2.28. The van der Waals surface area contributed by atoms with Gasteiger partial charge in [0.2, 0.25) is 0 Å². The van der Waals surface area contributed by atoms with Crippen LogP contribution < -0.4 is 16.6 Å². The van der Waals surface area contributed by atoms with Crippen LogP contribution in [0.5, 0.6) is 0 Å². The molecule has 0 aliphatic heterocycles. The van der Waals surface area contributed by atoms with Crippen molar-refractivity contribution in [3.05, 3.63) is 40.6 Å². The number of nitrogens with two attached hydrogens (primary N) is 1. The molecule has 0 saturated heterocycles. The molecule has 17 heavy (non-hydrogen) atoms. The normalized spacial score (nSPS) is 10.1. The zero-order valence-corrected chi connectivity index (χ0v) is 10.1. The molecule has 2 aromatic rings. The predicted molar refractivity (Wildman–Crippen MR) is 69.6 cm³/mol. The van der Waals surface area contributed by atoms with Crippen LogP contribution in [0, 0.1) is 0 Å². The van der Waals surface area contributed by atoms with Gasteiger partial charge in [-0.05, 0) is 18.2 Å². The van der Waals surface area contributed by atoms with Crippen LogP contribution >= 0.6 is 23.2 Å². The van der Waals surface area contributed by atoms with Gasteiger partial charge in [-0.3, -0.25) is 0 Å². The average molecular weight is 270 g/mol. The maximum absolute atomic E-state index is 5.89. The van der Waals surface area contributed by atoms with Gasteiger partial charge in [0.05, 0.1) is 0 Å². The van der Waals surface area contributed by atoms with Crippen LogP contribution in [0.1, 0.15) is 0 Å². The van der Waals surface area contributed by atoms with Crippen LogP contribution in [-0.4, -0.2) is 9.97 Å². The Balaban J connectivity index is 2.24. The largest absolute Gasteiger partial charge is 0.340 e. The fraction of sp³-hybridized carbons (Fsp3) is 0. The number of halogens is 2. The summed E-state index contributed by atoms with van der Waals surface area (Å²) in [7, 11) is 0. The van der Waals surface area contributed by atoms with Crippen molar-refractivity contribution in [2.75, 3.05) is 10.7 Å². The molecule has 0 unspecified atom stereocenters. The van der Waals surface area contributed by atoms with Gasteiger partial charge in [-0.2, -0.15) is 0 Å². The van der Waals surface area contributed by atoms with E-state index in [2.05, 4.69) is 20.7 Å². The molecule has 0 spiro atoms. The Hall–Kier alpha value is -1.56. The Bertz CT molecular complexity index is 512. The summed E-state index contributed by atoms with van der Waals surface area (Å²) in [6, 6.07) is 6.80. The van der Waals surface area contributed by atoms with Crippen LogP contribution in [0.15, 0.2) is 30.6 Å². The summed E-state index contributed by atoms with van der Waals surface area (Å²) in [5, 5.41) is 4.14. The first-order valence-corrected chi connectivity index (χ1v) is 5.45. The van der Waals surface area contributed by atoms with E-state index < -0.39 is 0 Å². The summed E-state index contributed by atoms with van der Waals surface area (Å²) >= 11 is 11.8. The highest BCUT2D eigenvalue weighted by Gasteiger charge is 2.01. The predicted octanol–water partition coefficient (Wildman–Crippen LogP) is 2.81. The molecule has 88 valence electrons. The van der Waals surface area contributed by atoms with Crippen molar-refractivity contribution in [1.29, 1.82) is 0 Å². The first-order chi connectivity index (χ1) is 8.17. The lowest BCUT2D eigenvalue weighted by Crippen LogP contribution is -2.09. The molecule has 0 bridgehead atoms. The van der Waals surface area contributed by atoms with E-state index >= 15 is 0 Å². The third-order valence-electron chi connectivity index (χ3n) is 1.95. The standard InChI is InChI=1S/C10H9Cl2N5/c11-6-1-7(12)3-8(2-6)16-9-4-10(17-13)15-5-14-9/h1-5H,13H2,(H2,14,15,16,17). The molecule has 1 heterocycles. The minimum atomic E-state index is 0.510. The number of aromatic nitrogens is 2. The summed E-state index contributed by atoms with van der Waals surface area (Å²) in [6.45, 7) is 0. The summed E-state index contributed by atoms with van der Waals surface area (Å²) in [5.41, 5.74) is 3.17. The van der Waals surface area contributed by atoms with E-state index in [0.29, 0.717) is 21.7 Å². The molecular formula is C10H9Cl2N5. The lowest BCUT2D eigenvalue weighted by atomic mass is 10.3. The summed E-state index contributed by atoms with van der Waals surface area (Å²) in [5.74, 6) is 6.35. The minimum absolute atomic E-state index is 0.510. The van der Waals surface area contributed by atoms with Gasteiger partial charge in [0, 0.05) is 21.8 Å². The molecule has 0 aliphatic carbocycles. The number of nitrogens with zero attached hydrogens (tertiary/aromatic N) is 2. The minimum Gasteiger partial charge on any atom is -0.340 e. The van der Waals surface area contributed by atoms with E-state index in [0.717, 1.165) is 5.69 Å². The number of benzene rings is 1. The van der Waals surface area contributed by atoms with Crippen molar-refractivity contribution in [3.63, 3.8) is 0 Å². The van der Waals surface area contributed by atoms with Crippen LogP contribution in [0.3, 0.4) is 0 Å². The highest BCUT2D eigenvalue weighted by atomic mass is 35.5. The van der Waals surface area contributed by atoms with Gasteiger partial charge in [-0.1, -0.05) is 23.2 Å². The molecule has 2 rings (SSSR count). The molecule has 0 fully saturated rings. The van der Waals surface area contributed by atoms with Crippen LogP contribution in [0.4, 0.5) is 17.3 Å². The van der Waals surface area contributed by atoms with Gasteiger partial charge >= 0.3 is 0 Å². The fourth-order valence-corrected chi connectivity index (χ4v) is 1.80. The number of rotatable bonds is 3. The Kier molecular flexibility index (Phi) is 3.63. The Morgan fingerprint density at radius 2 is 1.59 bits per heavy atom. The number of nitrogen functional groups attached to an aromatic ring is 1. The summed E-state index contributed by atoms with van der Waals surface area (Å²) in [6.07, 6.45) is 1.39. The SMILES string of the molecule is NNc1cc(Nc2cc(Cl)cc(Cl)c2)ncn1. The van der Waals surface area contributed by atoms with Gasteiger partial charge in [0.1, 0.15) is 18.0 Å². The molecule has 0 saturated carbocycles. The van der Waals surface area contributed by atoms with E-state index in [9.17, 15) is 0 Å². The third-order valence-corrected chi connectivity index (χ3v) is 2.39. The molecule has 1 aromatic carbocycles. The van der Waals surface area contributed by atoms with Gasteiger partial charge in [-0.15, -0.1) is 0 Å². The van der Waals surface area contributed by atoms with Crippen LogP contribution in [0.25, 0.3) is 0 Å². The Labute approximate surface area is 108 Å². The maximum atomic E-state index is 5.89. The zero-order chi connectivity index (χ0) is 12.3. The molecule has 1 aromatic heterocycles. The Morgan fingerprint density at radius 3 is 2.24 bits per heavy atom. The lowest BCUT2D eigenvalue weighted by molar-refractivity contribution is 1.14. The fourth-order valence-electron chi connectivity index (χ4n) is 1.28. The van der Waals surface area contributed by atoms with Crippen molar-refractivity contribution >= 4 is 40.5 Å². The van der Waals surface area contributed by atoms with E-state index in [1.54, 1.807) is 24.3 Å². The van der Waals surface area contributed by atoms with Gasteiger partial charge < -0.3 is 10.7 Å². The topological polar surface area (TPSA) is 75.9 Å². The quantitative estimate of drug-likeness (QED) is 0.590. The van der Waals surface area contributed by atoms with E-state index in [1.807, 2.05) is 0 Å². The van der Waals surface area contributed by atoms with Crippen molar-refractivity contribution in [2.45, 2.75) is 0 Å². The second-order valence-corrected chi connectivity index (χ2v) is 4.09. The number of hydrogen-bond acceptors (Lipinski definition) is 5.